The largest absolute Gasteiger partial charge is 0.446 e. The predicted octanol–water partition coefficient (Wildman–Crippen LogP) is 4.04. The molecule has 2 heterocycles. The van der Waals surface area contributed by atoms with Crippen molar-refractivity contribution in [2.24, 2.45) is 0 Å². The lowest BCUT2D eigenvalue weighted by atomic mass is 9.94. The van der Waals surface area contributed by atoms with Crippen molar-refractivity contribution in [1.82, 2.24) is 9.97 Å². The van der Waals surface area contributed by atoms with Crippen LogP contribution in [0.1, 0.15) is 24.0 Å². The first-order valence-corrected chi connectivity index (χ1v) is 7.45. The average Bonchev–Trinajstić information content (AvgIpc) is 2.81. The van der Waals surface area contributed by atoms with Crippen LogP contribution in [0.15, 0.2) is 28.9 Å². The van der Waals surface area contributed by atoms with E-state index in [9.17, 15) is 0 Å². The van der Waals surface area contributed by atoms with Crippen LogP contribution in [0.3, 0.4) is 0 Å². The van der Waals surface area contributed by atoms with Crippen LogP contribution in [0.25, 0.3) is 11.1 Å². The van der Waals surface area contributed by atoms with E-state index in [0.717, 1.165) is 11.1 Å². The molecule has 114 valence electrons. The normalized spacial score (nSPS) is 12.7. The quantitative estimate of drug-likeness (QED) is 0.753. The number of halogens is 2. The van der Waals surface area contributed by atoms with E-state index < -0.39 is 0 Å². The molecule has 22 heavy (non-hydrogen) atoms. The molecule has 1 unspecified atom stereocenters. The number of benzene rings is 1. The minimum absolute atomic E-state index is 0.0969. The van der Waals surface area contributed by atoms with Crippen LogP contribution < -0.4 is 11.5 Å². The molecule has 0 aliphatic carbocycles. The van der Waals surface area contributed by atoms with E-state index in [-0.39, 0.29) is 11.9 Å². The van der Waals surface area contributed by atoms with Crippen molar-refractivity contribution in [2.45, 2.75) is 19.3 Å². The van der Waals surface area contributed by atoms with Gasteiger partial charge in [0.1, 0.15) is 5.82 Å². The highest BCUT2D eigenvalue weighted by molar-refractivity contribution is 6.35. The number of fused-ring (bicyclic) bond motifs is 1. The Morgan fingerprint density at radius 1 is 1.23 bits per heavy atom. The highest BCUT2D eigenvalue weighted by Crippen LogP contribution is 2.33. The van der Waals surface area contributed by atoms with E-state index in [0.29, 0.717) is 33.4 Å². The molecule has 4 N–H and O–H groups in total. The van der Waals surface area contributed by atoms with Crippen molar-refractivity contribution in [2.75, 3.05) is 11.5 Å². The number of aromatic nitrogens is 2. The smallest absolute Gasteiger partial charge is 0.233 e. The summed E-state index contributed by atoms with van der Waals surface area (Å²) in [5.41, 5.74) is 13.8. The van der Waals surface area contributed by atoms with Gasteiger partial charge < -0.3 is 15.9 Å². The Morgan fingerprint density at radius 2 is 2.00 bits per heavy atom. The van der Waals surface area contributed by atoms with Gasteiger partial charge in [-0.1, -0.05) is 36.2 Å². The van der Waals surface area contributed by atoms with Crippen molar-refractivity contribution < 1.29 is 4.42 Å². The molecule has 0 aliphatic heterocycles. The Bertz CT molecular complexity index is 847. The number of hydrogen-bond donors (Lipinski definition) is 2. The zero-order chi connectivity index (χ0) is 15.9. The molecule has 2 aromatic heterocycles. The van der Waals surface area contributed by atoms with Gasteiger partial charge in [0.25, 0.3) is 0 Å². The van der Waals surface area contributed by atoms with Crippen LogP contribution in [0.2, 0.25) is 10.0 Å². The highest BCUT2D eigenvalue weighted by atomic mass is 35.5. The molecule has 1 aromatic carbocycles. The number of furan rings is 1. The van der Waals surface area contributed by atoms with Gasteiger partial charge in [-0.05, 0) is 30.0 Å². The minimum Gasteiger partial charge on any atom is -0.446 e. The third-order valence-corrected chi connectivity index (χ3v) is 4.14. The summed E-state index contributed by atoms with van der Waals surface area (Å²) in [5, 5.41) is 1.95. The molecule has 0 fully saturated rings. The Morgan fingerprint density at radius 3 is 2.73 bits per heavy atom. The van der Waals surface area contributed by atoms with Crippen molar-refractivity contribution in [1.29, 1.82) is 0 Å². The van der Waals surface area contributed by atoms with E-state index in [2.05, 4.69) is 16.9 Å². The van der Waals surface area contributed by atoms with Gasteiger partial charge in [0.2, 0.25) is 11.7 Å². The van der Waals surface area contributed by atoms with Crippen LogP contribution in [-0.2, 0) is 6.42 Å². The molecule has 0 bridgehead atoms. The summed E-state index contributed by atoms with van der Waals surface area (Å²) in [4.78, 5) is 8.03. The third-order valence-electron chi connectivity index (χ3n) is 3.57. The third kappa shape index (κ3) is 2.69. The molecule has 1 atom stereocenters. The maximum Gasteiger partial charge on any atom is 0.233 e. The van der Waals surface area contributed by atoms with Gasteiger partial charge in [-0.3, -0.25) is 0 Å². The summed E-state index contributed by atoms with van der Waals surface area (Å²) in [6.07, 6.45) is 2.32. The lowest BCUT2D eigenvalue weighted by Crippen LogP contribution is -2.02. The second-order valence-corrected chi connectivity index (χ2v) is 6.02. The standard InChI is InChI=1S/C15H14Cl2N4O/c1-7(10-3-2-9(16)5-11(10)17)4-8-6-22-14-12(8)13(18)20-15(19)21-14/h2-3,5-7H,4H2,1H3,(H4,18,19,20,21). The minimum atomic E-state index is 0.0969. The van der Waals surface area contributed by atoms with E-state index in [1.807, 2.05) is 12.1 Å². The molecular formula is C15H14Cl2N4O. The van der Waals surface area contributed by atoms with Crippen molar-refractivity contribution in [3.63, 3.8) is 0 Å². The van der Waals surface area contributed by atoms with Gasteiger partial charge in [0.05, 0.1) is 11.6 Å². The van der Waals surface area contributed by atoms with Crippen LogP contribution in [0.4, 0.5) is 11.8 Å². The Labute approximate surface area is 137 Å². The maximum atomic E-state index is 6.26. The Balaban J connectivity index is 1.96. The summed E-state index contributed by atoms with van der Waals surface area (Å²) in [6, 6.07) is 5.49. The summed E-state index contributed by atoms with van der Waals surface area (Å²) >= 11 is 12.2. The number of nitrogen functional groups attached to an aromatic ring is 2. The van der Waals surface area contributed by atoms with Gasteiger partial charge in [0.15, 0.2) is 0 Å². The molecule has 0 saturated heterocycles. The predicted molar refractivity (Wildman–Crippen MR) is 89.2 cm³/mol. The number of rotatable bonds is 3. The van der Waals surface area contributed by atoms with E-state index in [4.69, 9.17) is 39.1 Å². The molecular weight excluding hydrogens is 323 g/mol. The summed E-state index contributed by atoms with van der Waals surface area (Å²) in [6.45, 7) is 2.07. The topological polar surface area (TPSA) is 91.0 Å². The summed E-state index contributed by atoms with van der Waals surface area (Å²) in [7, 11) is 0. The molecule has 7 heteroatoms. The zero-order valence-corrected chi connectivity index (χ0v) is 13.3. The first-order valence-electron chi connectivity index (χ1n) is 6.69. The fraction of sp³-hybridized carbons (Fsp3) is 0.200. The zero-order valence-electron chi connectivity index (χ0n) is 11.8. The van der Waals surface area contributed by atoms with Gasteiger partial charge >= 0.3 is 0 Å². The van der Waals surface area contributed by atoms with E-state index >= 15 is 0 Å². The molecule has 0 saturated carbocycles. The maximum absolute atomic E-state index is 6.26. The van der Waals surface area contributed by atoms with Gasteiger partial charge in [-0.15, -0.1) is 0 Å². The monoisotopic (exact) mass is 336 g/mol. The van der Waals surface area contributed by atoms with Crippen molar-refractivity contribution in [3.8, 4) is 0 Å². The first-order chi connectivity index (χ1) is 10.5. The molecule has 0 radical (unpaired) electrons. The highest BCUT2D eigenvalue weighted by Gasteiger charge is 2.17. The molecule has 0 amide bonds. The fourth-order valence-electron chi connectivity index (χ4n) is 2.54. The van der Waals surface area contributed by atoms with Crippen LogP contribution in [0.5, 0.6) is 0 Å². The van der Waals surface area contributed by atoms with Crippen LogP contribution in [-0.4, -0.2) is 9.97 Å². The second-order valence-electron chi connectivity index (χ2n) is 5.18. The molecule has 0 aliphatic rings. The Hall–Kier alpha value is -1.98. The Kier molecular flexibility index (Phi) is 3.85. The summed E-state index contributed by atoms with van der Waals surface area (Å²) in [5.74, 6) is 0.572. The van der Waals surface area contributed by atoms with Crippen LogP contribution in [0, 0.1) is 0 Å². The van der Waals surface area contributed by atoms with Crippen molar-refractivity contribution in [3.05, 3.63) is 45.6 Å². The lowest BCUT2D eigenvalue weighted by molar-refractivity contribution is 0.595. The molecule has 5 nitrogen and oxygen atoms in total. The fourth-order valence-corrected chi connectivity index (χ4v) is 3.13. The van der Waals surface area contributed by atoms with Gasteiger partial charge in [0, 0.05) is 15.6 Å². The SMILES string of the molecule is CC(Cc1coc2nc(N)nc(N)c12)c1ccc(Cl)cc1Cl. The van der Waals surface area contributed by atoms with E-state index in [1.165, 1.54) is 0 Å². The number of nitrogens with zero attached hydrogens (tertiary/aromatic N) is 2. The molecule has 3 aromatic rings. The number of hydrogen-bond acceptors (Lipinski definition) is 5. The van der Waals surface area contributed by atoms with Gasteiger partial charge in [-0.2, -0.15) is 9.97 Å². The van der Waals surface area contributed by atoms with E-state index in [1.54, 1.807) is 12.3 Å². The van der Waals surface area contributed by atoms with Crippen molar-refractivity contribution >= 4 is 46.1 Å². The van der Waals surface area contributed by atoms with Gasteiger partial charge in [-0.25, -0.2) is 0 Å². The lowest BCUT2D eigenvalue weighted by Gasteiger charge is -2.13. The van der Waals surface area contributed by atoms with Crippen LogP contribution >= 0.6 is 23.2 Å². The number of anilines is 2. The average molecular weight is 337 g/mol. The first kappa shape index (κ1) is 14.9. The second kappa shape index (κ2) is 5.66. The molecule has 0 spiro atoms. The molecule has 3 rings (SSSR count). The summed E-state index contributed by atoms with van der Waals surface area (Å²) < 4.78 is 5.43. The number of nitrogens with two attached hydrogens (primary N) is 2.